The average molecular weight is 448 g/mol. The summed E-state index contributed by atoms with van der Waals surface area (Å²) in [5.41, 5.74) is -0.389. The van der Waals surface area contributed by atoms with Gasteiger partial charge in [-0.3, -0.25) is 4.79 Å². The van der Waals surface area contributed by atoms with E-state index < -0.39 is 41.7 Å². The number of ether oxygens (including phenoxy) is 1. The third kappa shape index (κ3) is 5.09. The number of likely N-dealkylation sites (tertiary alicyclic amines) is 1. The molecule has 3 rings (SSSR count). The third-order valence-corrected chi connectivity index (χ3v) is 6.29. The molecule has 2 saturated heterocycles. The molecule has 2 amide bonds. The summed E-state index contributed by atoms with van der Waals surface area (Å²) in [4.78, 5) is 26.5. The topological polar surface area (TPSA) is 77.1 Å². The maximum absolute atomic E-state index is 15.0. The lowest BCUT2D eigenvalue weighted by Crippen LogP contribution is -2.41. The van der Waals surface area contributed by atoms with Crippen molar-refractivity contribution in [2.24, 2.45) is 0 Å². The van der Waals surface area contributed by atoms with Gasteiger partial charge in [-0.1, -0.05) is 5.56 Å². The van der Waals surface area contributed by atoms with Crippen LogP contribution in [0.4, 0.5) is 9.18 Å². The quantitative estimate of drug-likeness (QED) is 0.719. The molecular formula is C23H34BFN2O5. The van der Waals surface area contributed by atoms with Crippen LogP contribution in [0.5, 0.6) is 0 Å². The Morgan fingerprint density at radius 3 is 2.34 bits per heavy atom. The normalized spacial score (nSPS) is 22.2. The molecule has 2 heterocycles. The summed E-state index contributed by atoms with van der Waals surface area (Å²) in [6.45, 7) is 15.6. The van der Waals surface area contributed by atoms with Crippen LogP contribution >= 0.6 is 0 Å². The number of halogens is 1. The highest BCUT2D eigenvalue weighted by atomic mass is 19.1. The number of carbonyl (C=O) groups excluding carboxylic acids is 2. The largest absolute Gasteiger partial charge is 0.495 e. The monoisotopic (exact) mass is 448 g/mol. The molecule has 0 spiro atoms. The van der Waals surface area contributed by atoms with Gasteiger partial charge >= 0.3 is 13.2 Å². The predicted molar refractivity (Wildman–Crippen MR) is 121 cm³/mol. The number of rotatable bonds is 3. The Hall–Kier alpha value is -2.13. The molecule has 1 aromatic carbocycles. The second kappa shape index (κ2) is 8.34. The van der Waals surface area contributed by atoms with Crippen molar-refractivity contribution in [3.8, 4) is 0 Å². The molecule has 176 valence electrons. The summed E-state index contributed by atoms with van der Waals surface area (Å²) in [6.07, 6.45) is 0.0583. The first kappa shape index (κ1) is 24.5. The lowest BCUT2D eigenvalue weighted by molar-refractivity contribution is 0.00578. The zero-order valence-electron chi connectivity index (χ0n) is 20.3. The van der Waals surface area contributed by atoms with Crippen molar-refractivity contribution in [1.29, 1.82) is 0 Å². The molecule has 1 N–H and O–H groups in total. The van der Waals surface area contributed by atoms with Crippen molar-refractivity contribution in [2.45, 2.75) is 84.7 Å². The van der Waals surface area contributed by atoms with E-state index in [-0.39, 0.29) is 11.6 Å². The summed E-state index contributed by atoms with van der Waals surface area (Å²) >= 11 is 0. The van der Waals surface area contributed by atoms with Gasteiger partial charge in [0.05, 0.1) is 22.8 Å². The van der Waals surface area contributed by atoms with E-state index in [0.717, 1.165) is 5.56 Å². The number of benzene rings is 1. The minimum Gasteiger partial charge on any atom is -0.444 e. The van der Waals surface area contributed by atoms with Crippen molar-refractivity contribution in [3.63, 3.8) is 0 Å². The first-order valence-corrected chi connectivity index (χ1v) is 11.0. The van der Waals surface area contributed by atoms with Gasteiger partial charge in [0.15, 0.2) is 0 Å². The van der Waals surface area contributed by atoms with Crippen molar-refractivity contribution in [2.75, 3.05) is 13.1 Å². The van der Waals surface area contributed by atoms with Crippen LogP contribution in [0.1, 0.15) is 70.8 Å². The van der Waals surface area contributed by atoms with Crippen LogP contribution < -0.4 is 10.8 Å². The van der Waals surface area contributed by atoms with Gasteiger partial charge in [0.1, 0.15) is 11.4 Å². The molecule has 1 unspecified atom stereocenters. The number of carbonyl (C=O) groups is 2. The number of nitrogens with one attached hydrogen (secondary N) is 1. The first-order valence-electron chi connectivity index (χ1n) is 11.0. The van der Waals surface area contributed by atoms with Crippen molar-refractivity contribution < 1.29 is 28.0 Å². The molecule has 2 aliphatic heterocycles. The lowest BCUT2D eigenvalue weighted by Gasteiger charge is -2.32. The van der Waals surface area contributed by atoms with Crippen LogP contribution in [0.2, 0.25) is 0 Å². The Labute approximate surface area is 190 Å². The van der Waals surface area contributed by atoms with Crippen molar-refractivity contribution in [1.82, 2.24) is 10.2 Å². The van der Waals surface area contributed by atoms with Crippen LogP contribution in [-0.2, 0) is 14.0 Å². The van der Waals surface area contributed by atoms with Crippen LogP contribution in [0.25, 0.3) is 0 Å². The summed E-state index contributed by atoms with van der Waals surface area (Å²) in [6, 6.07) is 2.64. The Kier molecular flexibility index (Phi) is 6.39. The van der Waals surface area contributed by atoms with Crippen LogP contribution in [0, 0.1) is 12.7 Å². The number of hydrogen-bond acceptors (Lipinski definition) is 5. The zero-order valence-corrected chi connectivity index (χ0v) is 20.3. The molecule has 2 aliphatic rings. The minimum atomic E-state index is -0.701. The zero-order chi connectivity index (χ0) is 24.1. The van der Waals surface area contributed by atoms with Gasteiger partial charge in [-0.2, -0.15) is 0 Å². The summed E-state index contributed by atoms with van der Waals surface area (Å²) in [5.74, 6) is -1.02. The minimum absolute atomic E-state index is 0.000635. The molecule has 0 bridgehead atoms. The molecular weight excluding hydrogens is 414 g/mol. The van der Waals surface area contributed by atoms with Crippen molar-refractivity contribution >= 4 is 24.6 Å². The van der Waals surface area contributed by atoms with E-state index in [9.17, 15) is 9.59 Å². The Balaban J connectivity index is 1.70. The van der Waals surface area contributed by atoms with Crippen LogP contribution in [0.15, 0.2) is 12.1 Å². The molecule has 1 atom stereocenters. The molecule has 0 saturated carbocycles. The molecule has 0 radical (unpaired) electrons. The maximum Gasteiger partial charge on any atom is 0.495 e. The van der Waals surface area contributed by atoms with E-state index in [1.54, 1.807) is 31.7 Å². The fourth-order valence-electron chi connectivity index (χ4n) is 3.79. The van der Waals surface area contributed by atoms with Gasteiger partial charge in [0.25, 0.3) is 5.91 Å². The fourth-order valence-corrected chi connectivity index (χ4v) is 3.79. The van der Waals surface area contributed by atoms with Gasteiger partial charge in [-0.25, -0.2) is 9.18 Å². The van der Waals surface area contributed by atoms with Gasteiger partial charge in [-0.15, -0.1) is 0 Å². The number of amides is 2. The Bertz CT molecular complexity index is 896. The number of alkyl carbamates (subject to hydrolysis) is 1. The van der Waals surface area contributed by atoms with Crippen LogP contribution in [-0.4, -0.2) is 60.0 Å². The molecule has 2 fully saturated rings. The number of hydrogen-bond donors (Lipinski definition) is 1. The predicted octanol–water partition coefficient (Wildman–Crippen LogP) is 3.17. The fraction of sp³-hybridized carbons (Fsp3) is 0.652. The number of aryl methyl sites for hydroxylation is 1. The van der Waals surface area contributed by atoms with E-state index in [2.05, 4.69) is 5.32 Å². The first-order chi connectivity index (χ1) is 14.6. The van der Waals surface area contributed by atoms with Crippen molar-refractivity contribution in [3.05, 3.63) is 29.1 Å². The second-order valence-electron chi connectivity index (χ2n) is 10.7. The molecule has 7 nitrogen and oxygen atoms in total. The number of nitrogens with zero attached hydrogens (tertiary/aromatic N) is 1. The summed E-state index contributed by atoms with van der Waals surface area (Å²) in [5, 5.41) is 2.78. The molecule has 0 aromatic heterocycles. The van der Waals surface area contributed by atoms with E-state index in [1.165, 1.54) is 6.07 Å². The van der Waals surface area contributed by atoms with Gasteiger partial charge in [-0.05, 0) is 79.4 Å². The average Bonchev–Trinajstić information content (AvgIpc) is 3.16. The third-order valence-electron chi connectivity index (χ3n) is 6.29. The SMILES string of the molecule is Cc1cc(C(=O)N2CCC(NC(=O)OC(C)(C)C)C2)c(F)cc1B1OC(C)(C)C(C)(C)O1. The molecule has 0 aliphatic carbocycles. The Morgan fingerprint density at radius 2 is 1.78 bits per heavy atom. The van der Waals surface area contributed by atoms with Crippen LogP contribution in [0.3, 0.4) is 0 Å². The van der Waals surface area contributed by atoms with E-state index >= 15 is 4.39 Å². The molecule has 1 aromatic rings. The lowest BCUT2D eigenvalue weighted by atomic mass is 9.75. The summed E-state index contributed by atoms with van der Waals surface area (Å²) < 4.78 is 32.4. The van der Waals surface area contributed by atoms with E-state index in [1.807, 2.05) is 34.6 Å². The van der Waals surface area contributed by atoms with E-state index in [4.69, 9.17) is 14.0 Å². The Morgan fingerprint density at radius 1 is 1.19 bits per heavy atom. The second-order valence-corrected chi connectivity index (χ2v) is 10.7. The standard InChI is InChI=1S/C23H34BFN2O5/c1-14-11-16(18(25)12-17(14)24-31-22(5,6)23(7,8)32-24)19(28)27-10-9-15(13-27)26-20(29)30-21(2,3)4/h11-12,15H,9-10,13H2,1-8H3,(H,26,29). The molecule has 32 heavy (non-hydrogen) atoms. The maximum atomic E-state index is 15.0. The van der Waals surface area contributed by atoms with E-state index in [0.29, 0.717) is 25.0 Å². The molecule has 9 heteroatoms. The highest BCUT2D eigenvalue weighted by Crippen LogP contribution is 2.36. The van der Waals surface area contributed by atoms with Gasteiger partial charge in [0, 0.05) is 13.1 Å². The highest BCUT2D eigenvalue weighted by molar-refractivity contribution is 6.62. The smallest absolute Gasteiger partial charge is 0.444 e. The summed E-state index contributed by atoms with van der Waals surface area (Å²) in [7, 11) is -0.701. The van der Waals surface area contributed by atoms with Gasteiger partial charge in [0.2, 0.25) is 0 Å². The highest BCUT2D eigenvalue weighted by Gasteiger charge is 2.52. The van der Waals surface area contributed by atoms with Gasteiger partial charge < -0.3 is 24.3 Å².